The number of thiazole rings is 1. The maximum atomic E-state index is 13.8. The van der Waals surface area contributed by atoms with Gasteiger partial charge >= 0.3 is 5.97 Å². The number of carbonyl (C=O) groups excluding carboxylic acids is 1. The highest BCUT2D eigenvalue weighted by atomic mass is 32.1. The zero-order valence-electron chi connectivity index (χ0n) is 22.2. The van der Waals surface area contributed by atoms with Crippen molar-refractivity contribution in [1.29, 1.82) is 0 Å². The van der Waals surface area contributed by atoms with Crippen LogP contribution in [0.25, 0.3) is 6.08 Å². The Morgan fingerprint density at radius 1 is 1.05 bits per heavy atom. The standard InChI is InChI=1S/C31H27FN2O5S/c1-4-23-27(30(36)38-3)28(21-10-6-5-7-11-21)34-29(35)26(40-31(34)33-23)17-19-13-14-24(25(16-19)37-2)39-18-20-9-8-12-22(32)15-20/h5-17,28H,4,18H2,1-3H3/b26-17-/t28-/m0/s1. The van der Waals surface area contributed by atoms with Gasteiger partial charge in [0.15, 0.2) is 16.3 Å². The van der Waals surface area contributed by atoms with Gasteiger partial charge in [-0.25, -0.2) is 14.2 Å². The van der Waals surface area contributed by atoms with E-state index in [2.05, 4.69) is 4.99 Å². The molecular weight excluding hydrogens is 531 g/mol. The molecule has 7 nitrogen and oxygen atoms in total. The van der Waals surface area contributed by atoms with E-state index < -0.39 is 12.0 Å². The molecule has 204 valence electrons. The van der Waals surface area contributed by atoms with Gasteiger partial charge in [-0.1, -0.05) is 66.8 Å². The number of hydrogen-bond donors (Lipinski definition) is 0. The summed E-state index contributed by atoms with van der Waals surface area (Å²) >= 11 is 1.26. The summed E-state index contributed by atoms with van der Waals surface area (Å²) in [6, 6.07) is 20.3. The van der Waals surface area contributed by atoms with Crippen LogP contribution in [0.5, 0.6) is 11.5 Å². The Bertz CT molecular complexity index is 1780. The van der Waals surface area contributed by atoms with Gasteiger partial charge in [0, 0.05) is 0 Å². The van der Waals surface area contributed by atoms with Crippen molar-refractivity contribution in [2.24, 2.45) is 4.99 Å². The fourth-order valence-electron chi connectivity index (χ4n) is 4.65. The van der Waals surface area contributed by atoms with Crippen LogP contribution in [0.3, 0.4) is 0 Å². The lowest BCUT2D eigenvalue weighted by molar-refractivity contribution is -0.136. The molecule has 0 spiro atoms. The molecule has 40 heavy (non-hydrogen) atoms. The van der Waals surface area contributed by atoms with E-state index in [1.807, 2.05) is 43.3 Å². The molecule has 2 heterocycles. The summed E-state index contributed by atoms with van der Waals surface area (Å²) in [4.78, 5) is 31.9. The molecular formula is C31H27FN2O5S. The van der Waals surface area contributed by atoms with Gasteiger partial charge in [0.2, 0.25) is 0 Å². The molecule has 0 radical (unpaired) electrons. The number of hydrogen-bond acceptors (Lipinski definition) is 7. The lowest BCUT2D eigenvalue weighted by Gasteiger charge is -2.25. The summed E-state index contributed by atoms with van der Waals surface area (Å²) in [5.74, 6) is 0.123. The third kappa shape index (κ3) is 5.33. The van der Waals surface area contributed by atoms with Crippen molar-refractivity contribution in [3.05, 3.63) is 126 Å². The molecule has 5 rings (SSSR count). The van der Waals surface area contributed by atoms with Crippen LogP contribution in [-0.2, 0) is 16.1 Å². The topological polar surface area (TPSA) is 79.1 Å². The molecule has 0 fully saturated rings. The van der Waals surface area contributed by atoms with Crippen LogP contribution in [0, 0.1) is 5.82 Å². The minimum atomic E-state index is -0.657. The van der Waals surface area contributed by atoms with E-state index in [4.69, 9.17) is 14.2 Å². The van der Waals surface area contributed by atoms with Crippen molar-refractivity contribution < 1.29 is 23.4 Å². The number of fused-ring (bicyclic) bond motifs is 1. The Morgan fingerprint density at radius 2 is 1.85 bits per heavy atom. The molecule has 3 aromatic carbocycles. The van der Waals surface area contributed by atoms with Crippen molar-refractivity contribution in [2.75, 3.05) is 14.2 Å². The molecule has 0 unspecified atom stereocenters. The molecule has 0 N–H and O–H groups in total. The number of halogens is 1. The Morgan fingerprint density at radius 3 is 2.55 bits per heavy atom. The maximum Gasteiger partial charge on any atom is 0.338 e. The first-order chi connectivity index (χ1) is 19.4. The number of rotatable bonds is 8. The van der Waals surface area contributed by atoms with Crippen molar-refractivity contribution in [2.45, 2.75) is 26.0 Å². The summed E-state index contributed by atoms with van der Waals surface area (Å²) in [7, 11) is 2.86. The van der Waals surface area contributed by atoms with E-state index in [1.165, 1.54) is 37.7 Å². The van der Waals surface area contributed by atoms with Crippen LogP contribution >= 0.6 is 11.3 Å². The summed E-state index contributed by atoms with van der Waals surface area (Å²) in [5, 5.41) is 0. The number of allylic oxidation sites excluding steroid dienone is 1. The van der Waals surface area contributed by atoms with Gasteiger partial charge in [0.1, 0.15) is 12.4 Å². The van der Waals surface area contributed by atoms with E-state index in [9.17, 15) is 14.0 Å². The largest absolute Gasteiger partial charge is 0.493 e. The molecule has 0 amide bonds. The van der Waals surface area contributed by atoms with Gasteiger partial charge in [-0.15, -0.1) is 0 Å². The smallest absolute Gasteiger partial charge is 0.338 e. The van der Waals surface area contributed by atoms with Crippen LogP contribution in [0.2, 0.25) is 0 Å². The quantitative estimate of drug-likeness (QED) is 0.297. The number of aromatic nitrogens is 1. The normalized spacial score (nSPS) is 14.9. The minimum Gasteiger partial charge on any atom is -0.493 e. The molecule has 1 aliphatic rings. The Labute approximate surface area is 234 Å². The van der Waals surface area contributed by atoms with Gasteiger partial charge in [0.25, 0.3) is 5.56 Å². The zero-order chi connectivity index (χ0) is 28.2. The highest BCUT2D eigenvalue weighted by molar-refractivity contribution is 7.07. The van der Waals surface area contributed by atoms with Crippen LogP contribution in [0.15, 0.2) is 93.9 Å². The molecule has 0 saturated heterocycles. The molecule has 0 saturated carbocycles. The lowest BCUT2D eigenvalue weighted by Crippen LogP contribution is -2.40. The summed E-state index contributed by atoms with van der Waals surface area (Å²) in [5.41, 5.74) is 2.89. The number of benzene rings is 3. The summed E-state index contributed by atoms with van der Waals surface area (Å²) in [6.07, 6.45) is 2.27. The second-order valence-corrected chi connectivity index (χ2v) is 10.0. The third-order valence-electron chi connectivity index (χ3n) is 6.53. The van der Waals surface area contributed by atoms with E-state index in [0.29, 0.717) is 44.1 Å². The van der Waals surface area contributed by atoms with Crippen LogP contribution in [-0.4, -0.2) is 24.8 Å². The highest BCUT2D eigenvalue weighted by Crippen LogP contribution is 2.32. The third-order valence-corrected chi connectivity index (χ3v) is 7.52. The number of methoxy groups -OCH3 is 2. The van der Waals surface area contributed by atoms with Gasteiger partial charge < -0.3 is 14.2 Å². The summed E-state index contributed by atoms with van der Waals surface area (Å²) in [6.45, 7) is 2.09. The van der Waals surface area contributed by atoms with Crippen molar-refractivity contribution in [3.8, 4) is 11.5 Å². The maximum absolute atomic E-state index is 13.8. The number of carbonyl (C=O) groups is 1. The first kappa shape index (κ1) is 27.1. The molecule has 1 atom stereocenters. The predicted octanol–water partition coefficient (Wildman–Crippen LogP) is 4.53. The van der Waals surface area contributed by atoms with E-state index in [1.54, 1.807) is 34.9 Å². The average Bonchev–Trinajstić information content (AvgIpc) is 3.29. The molecule has 4 aromatic rings. The fraction of sp³-hybridized carbons (Fsp3) is 0.194. The second kappa shape index (κ2) is 11.7. The molecule has 0 aliphatic carbocycles. The molecule has 0 bridgehead atoms. The van der Waals surface area contributed by atoms with E-state index in [-0.39, 0.29) is 18.0 Å². The first-order valence-corrected chi connectivity index (χ1v) is 13.5. The number of nitrogens with zero attached hydrogens (tertiary/aromatic N) is 2. The van der Waals surface area contributed by atoms with Crippen molar-refractivity contribution >= 4 is 23.4 Å². The predicted molar refractivity (Wildman–Crippen MR) is 151 cm³/mol. The van der Waals surface area contributed by atoms with Gasteiger partial charge in [-0.3, -0.25) is 9.36 Å². The first-order valence-electron chi connectivity index (χ1n) is 12.7. The fourth-order valence-corrected chi connectivity index (χ4v) is 5.67. The molecule has 9 heteroatoms. The Balaban J connectivity index is 1.55. The van der Waals surface area contributed by atoms with Gasteiger partial charge in [-0.05, 0) is 53.5 Å². The Kier molecular flexibility index (Phi) is 7.93. The minimum absolute atomic E-state index is 0.174. The lowest BCUT2D eigenvalue weighted by atomic mass is 9.95. The van der Waals surface area contributed by atoms with E-state index in [0.717, 1.165) is 11.1 Å². The van der Waals surface area contributed by atoms with E-state index >= 15 is 0 Å². The number of ether oxygens (including phenoxy) is 3. The van der Waals surface area contributed by atoms with Crippen LogP contribution < -0.4 is 24.4 Å². The Hall–Kier alpha value is -4.50. The van der Waals surface area contributed by atoms with Crippen molar-refractivity contribution in [1.82, 2.24) is 4.57 Å². The SMILES string of the molecule is CCC1=C(C(=O)OC)[C@H](c2ccccc2)n2c(s/c(=C\c3ccc(OCc4cccc(F)c4)c(OC)c3)c2=O)=N1. The monoisotopic (exact) mass is 558 g/mol. The van der Waals surface area contributed by atoms with Crippen LogP contribution in [0.4, 0.5) is 4.39 Å². The average molecular weight is 559 g/mol. The second-order valence-electron chi connectivity index (χ2n) is 9.03. The summed E-state index contributed by atoms with van der Waals surface area (Å²) < 4.78 is 32.0. The van der Waals surface area contributed by atoms with Crippen LogP contribution in [0.1, 0.15) is 36.1 Å². The zero-order valence-corrected chi connectivity index (χ0v) is 23.0. The molecule has 1 aromatic heterocycles. The molecule has 1 aliphatic heterocycles. The highest BCUT2D eigenvalue weighted by Gasteiger charge is 2.33. The van der Waals surface area contributed by atoms with Gasteiger partial charge in [0.05, 0.1) is 36.1 Å². The van der Waals surface area contributed by atoms with Crippen molar-refractivity contribution in [3.63, 3.8) is 0 Å². The number of esters is 1. The van der Waals surface area contributed by atoms with Gasteiger partial charge in [-0.2, -0.15) is 0 Å².